The fourth-order valence-electron chi connectivity index (χ4n) is 13.1. The largest absolute Gasteiger partial charge is 0.497 e. The molecule has 0 bridgehead atoms. The lowest BCUT2D eigenvalue weighted by Crippen LogP contribution is -2.47. The Morgan fingerprint density at radius 1 is 0.691 bits per heavy atom. The maximum Gasteiger partial charge on any atom is 0.446 e. The minimum absolute atomic E-state index is 0. The van der Waals surface area contributed by atoms with Crippen molar-refractivity contribution in [2.24, 2.45) is 0 Å². The predicted molar refractivity (Wildman–Crippen MR) is 342 cm³/mol. The van der Waals surface area contributed by atoms with Gasteiger partial charge in [-0.1, -0.05) is 7.43 Å². The zero-order valence-electron chi connectivity index (χ0n) is 52.8. The molecule has 24 nitrogen and oxygen atoms in total. The number of alkyl halides is 3. The van der Waals surface area contributed by atoms with Gasteiger partial charge in [0.1, 0.15) is 11.5 Å². The average Bonchev–Trinajstić information content (AvgIpc) is 1.57. The van der Waals surface area contributed by atoms with Crippen LogP contribution in [0.2, 0.25) is 0 Å². The maximum atomic E-state index is 15.1. The maximum absolute atomic E-state index is 15.1. The molecule has 6 aromatic heterocycles. The number of nitrogens with one attached hydrogen (secondary N) is 1. The Hall–Kier alpha value is -8.70. The van der Waals surface area contributed by atoms with Crippen LogP contribution < -0.4 is 39.8 Å². The van der Waals surface area contributed by atoms with Crippen LogP contribution in [0.15, 0.2) is 67.3 Å². The van der Waals surface area contributed by atoms with Gasteiger partial charge in [0.2, 0.25) is 18.2 Å². The van der Waals surface area contributed by atoms with Gasteiger partial charge in [0.05, 0.1) is 87.5 Å². The zero-order valence-corrected chi connectivity index (χ0v) is 52.8. The summed E-state index contributed by atoms with van der Waals surface area (Å²) >= 11 is 0. The van der Waals surface area contributed by atoms with Crippen LogP contribution in [0.1, 0.15) is 134 Å². The second kappa shape index (κ2) is 27.7. The van der Waals surface area contributed by atoms with Crippen LogP contribution in [0.3, 0.4) is 0 Å². The molecule has 2 aliphatic carbocycles. The van der Waals surface area contributed by atoms with Crippen LogP contribution in [0.25, 0.3) is 33.1 Å². The van der Waals surface area contributed by atoms with Crippen molar-refractivity contribution >= 4 is 62.7 Å². The van der Waals surface area contributed by atoms with Crippen LogP contribution in [-0.4, -0.2) is 154 Å². The number of halogens is 5. The summed E-state index contributed by atoms with van der Waals surface area (Å²) in [5.41, 5.74) is 10.4. The second-order valence-electron chi connectivity index (χ2n) is 24.9. The van der Waals surface area contributed by atoms with E-state index in [0.717, 1.165) is 120 Å². The highest BCUT2D eigenvalue weighted by atomic mass is 19.4. The number of nitrogens with two attached hydrogens (primary N) is 1. The van der Waals surface area contributed by atoms with E-state index >= 15 is 4.39 Å². The monoisotopic (exact) mass is 1310 g/mol. The van der Waals surface area contributed by atoms with Crippen molar-refractivity contribution < 1.29 is 60.3 Å². The smallest absolute Gasteiger partial charge is 0.446 e. The van der Waals surface area contributed by atoms with Crippen molar-refractivity contribution in [2.45, 2.75) is 172 Å². The van der Waals surface area contributed by atoms with E-state index in [9.17, 15) is 22.7 Å². The minimum Gasteiger partial charge on any atom is -0.497 e. The Labute approximate surface area is 539 Å². The number of fused-ring (bicyclic) bond motifs is 6. The van der Waals surface area contributed by atoms with Gasteiger partial charge in [0.15, 0.2) is 52.4 Å². The quantitative estimate of drug-likeness (QED) is 0.0565. The van der Waals surface area contributed by atoms with Crippen LogP contribution >= 0.6 is 0 Å². The number of hydrogen-bond acceptors (Lipinski definition) is 20. The summed E-state index contributed by atoms with van der Waals surface area (Å²) in [5.74, 6) is 2.76. The van der Waals surface area contributed by atoms with Gasteiger partial charge in [-0.15, -0.1) is 10.2 Å². The van der Waals surface area contributed by atoms with Gasteiger partial charge in [-0.3, -0.25) is 14.2 Å². The van der Waals surface area contributed by atoms with Crippen molar-refractivity contribution in [2.75, 3.05) is 69.0 Å². The summed E-state index contributed by atoms with van der Waals surface area (Å²) in [6, 6.07) is 12.2. The van der Waals surface area contributed by atoms with E-state index in [2.05, 4.69) is 50.3 Å². The van der Waals surface area contributed by atoms with E-state index in [1.165, 1.54) is 36.9 Å². The number of benzene rings is 3. The molecule has 94 heavy (non-hydrogen) atoms. The summed E-state index contributed by atoms with van der Waals surface area (Å²) in [6.07, 6.45) is 15.1. The number of methoxy groups -OCH3 is 4. The SMILES string of the molecule is C.COc1cc2nc(N)n3nc(C4CCC(C)N(c5cnn(CC6(O)CCC6)c5)C4)nc3c2cc1F.COc1ccc(CNc2nc3cc(OC)c(F)cc3c3nc(C4CCC(C)N(c5cnn(CC6(OC7CCCCO7)CCC6)c5)C4)nn23)c(OC)c1.O=CC(F)(F)F. The lowest BCUT2D eigenvalue weighted by Gasteiger charge is -2.44. The van der Waals surface area contributed by atoms with Gasteiger partial charge in [-0.2, -0.15) is 32.4 Å². The molecule has 14 rings (SSSR count). The fourth-order valence-corrected chi connectivity index (χ4v) is 13.1. The molecular formula is C65H81F5N16O8. The molecular weight excluding hydrogens is 1230 g/mol. The third-order valence-corrected chi connectivity index (χ3v) is 18.6. The summed E-state index contributed by atoms with van der Waals surface area (Å²) in [6.45, 7) is 8.31. The number of ether oxygens (including phenoxy) is 6. The van der Waals surface area contributed by atoms with Gasteiger partial charge in [0, 0.05) is 97.1 Å². The average molecular weight is 1310 g/mol. The molecule has 5 aliphatic rings. The molecule has 9 aromatic rings. The molecule has 5 unspecified atom stereocenters. The fraction of sp³-hybridized carbons (Fsp3) is 0.523. The number of aldehydes is 1. The van der Waals surface area contributed by atoms with E-state index < -0.39 is 29.7 Å². The molecule has 3 aromatic carbocycles. The topological polar surface area (TPSA) is 259 Å². The van der Waals surface area contributed by atoms with Crippen molar-refractivity contribution in [1.29, 1.82) is 0 Å². The van der Waals surface area contributed by atoms with Gasteiger partial charge in [-0.25, -0.2) is 28.7 Å². The van der Waals surface area contributed by atoms with Crippen molar-refractivity contribution in [3.63, 3.8) is 0 Å². The second-order valence-corrected chi connectivity index (χ2v) is 24.9. The number of piperidine rings is 2. The highest BCUT2D eigenvalue weighted by Crippen LogP contribution is 2.42. The molecule has 29 heteroatoms. The Kier molecular flexibility index (Phi) is 19.7. The summed E-state index contributed by atoms with van der Waals surface area (Å²) < 4.78 is 102. The van der Waals surface area contributed by atoms with Gasteiger partial charge in [0.25, 0.3) is 0 Å². The number of rotatable bonds is 17. The highest BCUT2D eigenvalue weighted by molar-refractivity contribution is 5.94. The first kappa shape index (κ1) is 66.7. The van der Waals surface area contributed by atoms with Gasteiger partial charge >= 0.3 is 6.18 Å². The molecule has 5 fully saturated rings. The minimum atomic E-state index is -4.64. The Morgan fingerprint density at radius 2 is 1.24 bits per heavy atom. The number of aliphatic hydroxyl groups is 1. The zero-order chi connectivity index (χ0) is 65.3. The lowest BCUT2D eigenvalue weighted by atomic mass is 9.80. The number of anilines is 4. The predicted octanol–water partition coefficient (Wildman–Crippen LogP) is 10.8. The normalized spacial score (nSPS) is 20.9. The third kappa shape index (κ3) is 14.2. The first-order valence-corrected chi connectivity index (χ1v) is 31.5. The molecule has 0 radical (unpaired) electrons. The molecule has 0 spiro atoms. The first-order valence-electron chi connectivity index (χ1n) is 31.5. The van der Waals surface area contributed by atoms with E-state index in [4.69, 9.17) is 64.1 Å². The number of hydrogen-bond donors (Lipinski definition) is 3. The highest BCUT2D eigenvalue weighted by Gasteiger charge is 2.42. The third-order valence-electron chi connectivity index (χ3n) is 18.6. The molecule has 4 N–H and O–H groups in total. The van der Waals surface area contributed by atoms with Crippen LogP contribution in [0.4, 0.5) is 45.2 Å². The van der Waals surface area contributed by atoms with Crippen molar-refractivity contribution in [1.82, 2.24) is 58.7 Å². The molecule has 504 valence electrons. The van der Waals surface area contributed by atoms with Crippen LogP contribution in [-0.2, 0) is 33.9 Å². The standard InChI is InChI=1S/C38H47FN8O5.C24H29FN8O2.C2HF3O.CH4/c1-24-9-10-26(21-46(24)27-20-41-45(22-27)23-38(13-7-14-38)52-34-8-5-6-15-51-34)35-43-36-29-17-30(39)33(50-4)18-31(29)42-37(47(36)44-35)40-19-25-11-12-28(48-2)16-32(25)49-3;1-14-4-5-15(11-32(14)16-10-27-31(12-16)13-24(34)6-3-7-24)21-29-22-17-8-18(25)20(35-2)9-19(17)28-23(26)33(22)30-21;3-2(4,5)1-6;/h11-12,16-18,20,22,24,26,34H,5-10,13-15,19,21,23H2,1-4H3,(H,40,42);8-10,12,14-15,34H,3-7,11,13H2,1-2H3,(H2,26,28);1H;1H4. The summed E-state index contributed by atoms with van der Waals surface area (Å²) in [4.78, 5) is 32.5. The Morgan fingerprint density at radius 3 is 1.76 bits per heavy atom. The van der Waals surface area contributed by atoms with Crippen molar-refractivity contribution in [3.05, 3.63) is 96.1 Å². The molecule has 9 heterocycles. The number of aromatic nitrogens is 12. The summed E-state index contributed by atoms with van der Waals surface area (Å²) in [5, 5.41) is 34.0. The van der Waals surface area contributed by atoms with Crippen LogP contribution in [0.5, 0.6) is 23.0 Å². The number of carbonyl (C=O) groups excluding carboxylic acids is 1. The van der Waals surface area contributed by atoms with E-state index in [-0.39, 0.29) is 48.6 Å². The molecule has 5 atom stereocenters. The molecule has 3 aliphatic heterocycles. The van der Waals surface area contributed by atoms with E-state index in [1.54, 1.807) is 24.8 Å². The van der Waals surface area contributed by atoms with E-state index in [0.29, 0.717) is 93.9 Å². The first-order chi connectivity index (χ1) is 44.7. The van der Waals surface area contributed by atoms with E-state index in [1.807, 2.05) is 46.2 Å². The number of carbonyl (C=O) groups is 1. The number of nitrogen functional groups attached to an aromatic ring is 1. The van der Waals surface area contributed by atoms with Gasteiger partial charge < -0.3 is 54.4 Å². The number of nitrogens with zero attached hydrogens (tertiary/aromatic N) is 14. The summed E-state index contributed by atoms with van der Waals surface area (Å²) in [7, 11) is 6.10. The molecule has 0 amide bonds. The van der Waals surface area contributed by atoms with Crippen molar-refractivity contribution in [3.8, 4) is 23.0 Å². The Bertz CT molecular complexity index is 4130. The molecule has 2 saturated carbocycles. The Balaban J connectivity index is 0.000000185. The van der Waals surface area contributed by atoms with Crippen LogP contribution in [0, 0.1) is 11.6 Å². The van der Waals surface area contributed by atoms with Gasteiger partial charge in [-0.05, 0) is 122 Å². The lowest BCUT2D eigenvalue weighted by molar-refractivity contribution is -0.251. The molecule has 3 saturated heterocycles.